The molecule has 1 heterocycles. The summed E-state index contributed by atoms with van der Waals surface area (Å²) >= 11 is 1.70. The van der Waals surface area contributed by atoms with Crippen molar-refractivity contribution in [2.45, 2.75) is 6.04 Å². The Balaban J connectivity index is 2.01. The molecule has 4 nitrogen and oxygen atoms in total. The maximum absolute atomic E-state index is 12.1. The number of benzene rings is 1. The van der Waals surface area contributed by atoms with Crippen molar-refractivity contribution in [2.24, 2.45) is 0 Å². The molecular formula is C15H19N3OS. The van der Waals surface area contributed by atoms with Crippen LogP contribution in [-0.2, 0) is 0 Å². The summed E-state index contributed by atoms with van der Waals surface area (Å²) in [6, 6.07) is 11.3. The van der Waals surface area contributed by atoms with Crippen molar-refractivity contribution >= 4 is 22.9 Å². The first-order valence-electron chi connectivity index (χ1n) is 6.41. The van der Waals surface area contributed by atoms with E-state index in [9.17, 15) is 4.79 Å². The van der Waals surface area contributed by atoms with Gasteiger partial charge in [0.2, 0.25) is 0 Å². The lowest BCUT2D eigenvalue weighted by atomic mass is 10.1. The molecule has 2 aromatic rings. The van der Waals surface area contributed by atoms with Gasteiger partial charge in [0.1, 0.15) is 0 Å². The molecule has 0 fully saturated rings. The summed E-state index contributed by atoms with van der Waals surface area (Å²) in [4.78, 5) is 15.5. The number of rotatable bonds is 5. The lowest BCUT2D eigenvalue weighted by molar-refractivity contribution is 0.0942. The van der Waals surface area contributed by atoms with Gasteiger partial charge in [-0.25, -0.2) is 0 Å². The fraction of sp³-hybridized carbons (Fsp3) is 0.267. The molecule has 20 heavy (non-hydrogen) atoms. The van der Waals surface area contributed by atoms with Gasteiger partial charge >= 0.3 is 0 Å². The summed E-state index contributed by atoms with van der Waals surface area (Å²) in [5, 5.41) is 5.01. The van der Waals surface area contributed by atoms with Gasteiger partial charge in [-0.2, -0.15) is 0 Å². The zero-order valence-electron chi connectivity index (χ0n) is 11.7. The quantitative estimate of drug-likeness (QED) is 0.831. The van der Waals surface area contributed by atoms with E-state index in [4.69, 9.17) is 5.73 Å². The van der Waals surface area contributed by atoms with Gasteiger partial charge in [0.05, 0.1) is 6.04 Å². The molecule has 0 saturated heterocycles. The van der Waals surface area contributed by atoms with Gasteiger partial charge in [0, 0.05) is 22.7 Å². The number of hydrogen-bond donors (Lipinski definition) is 2. The maximum Gasteiger partial charge on any atom is 0.251 e. The van der Waals surface area contributed by atoms with Crippen LogP contribution in [0, 0.1) is 0 Å². The van der Waals surface area contributed by atoms with E-state index in [0.717, 1.165) is 0 Å². The van der Waals surface area contributed by atoms with Crippen molar-refractivity contribution in [3.05, 3.63) is 52.2 Å². The maximum atomic E-state index is 12.1. The molecule has 0 aliphatic rings. The summed E-state index contributed by atoms with van der Waals surface area (Å²) in [6.07, 6.45) is 0. The molecule has 3 N–H and O–H groups in total. The largest absolute Gasteiger partial charge is 0.399 e. The van der Waals surface area contributed by atoms with Crippen LogP contribution < -0.4 is 11.1 Å². The van der Waals surface area contributed by atoms with Gasteiger partial charge in [-0.3, -0.25) is 4.79 Å². The number of amides is 1. The van der Waals surface area contributed by atoms with Gasteiger partial charge in [0.15, 0.2) is 0 Å². The molecule has 0 aliphatic carbocycles. The molecule has 0 radical (unpaired) electrons. The van der Waals surface area contributed by atoms with E-state index in [2.05, 4.69) is 16.3 Å². The standard InChI is InChI=1S/C15H19N3OS/c1-18(2)13(14-7-4-8-20-14)10-17-15(19)11-5-3-6-12(16)9-11/h3-9,13H,10,16H2,1-2H3,(H,17,19). The van der Waals surface area contributed by atoms with Crippen molar-refractivity contribution < 1.29 is 4.79 Å². The number of nitrogens with one attached hydrogen (secondary N) is 1. The number of carbonyl (C=O) groups excluding carboxylic acids is 1. The lowest BCUT2D eigenvalue weighted by Gasteiger charge is -2.23. The summed E-state index contributed by atoms with van der Waals surface area (Å²) in [7, 11) is 4.02. The van der Waals surface area contributed by atoms with E-state index in [1.807, 2.05) is 25.5 Å². The van der Waals surface area contributed by atoms with Crippen LogP contribution in [0.5, 0.6) is 0 Å². The van der Waals surface area contributed by atoms with Gasteiger partial charge in [0.25, 0.3) is 5.91 Å². The van der Waals surface area contributed by atoms with Crippen molar-refractivity contribution in [1.82, 2.24) is 10.2 Å². The monoisotopic (exact) mass is 289 g/mol. The van der Waals surface area contributed by atoms with Crippen LogP contribution in [-0.4, -0.2) is 31.4 Å². The molecule has 1 unspecified atom stereocenters. The van der Waals surface area contributed by atoms with Gasteiger partial charge in [-0.1, -0.05) is 12.1 Å². The molecule has 2 rings (SSSR count). The van der Waals surface area contributed by atoms with E-state index >= 15 is 0 Å². The minimum absolute atomic E-state index is 0.0966. The molecule has 0 spiro atoms. The first kappa shape index (κ1) is 14.6. The van der Waals surface area contributed by atoms with Crippen LogP contribution in [0.3, 0.4) is 0 Å². The Bertz CT molecular complexity index is 566. The number of anilines is 1. The Kier molecular flexibility index (Phi) is 4.76. The Labute approximate surface area is 123 Å². The molecule has 1 aromatic carbocycles. The second-order valence-electron chi connectivity index (χ2n) is 4.83. The van der Waals surface area contributed by atoms with Crippen LogP contribution >= 0.6 is 11.3 Å². The topological polar surface area (TPSA) is 58.4 Å². The predicted molar refractivity (Wildman–Crippen MR) is 83.9 cm³/mol. The van der Waals surface area contributed by atoms with E-state index in [1.165, 1.54) is 4.88 Å². The van der Waals surface area contributed by atoms with Gasteiger partial charge < -0.3 is 16.0 Å². The number of likely N-dealkylation sites (N-methyl/N-ethyl adjacent to an activating group) is 1. The molecule has 1 aromatic heterocycles. The average Bonchev–Trinajstić information content (AvgIpc) is 2.92. The zero-order chi connectivity index (χ0) is 14.5. The SMILES string of the molecule is CN(C)C(CNC(=O)c1cccc(N)c1)c1cccs1. The fourth-order valence-corrected chi connectivity index (χ4v) is 2.91. The van der Waals surface area contributed by atoms with Crippen LogP contribution in [0.2, 0.25) is 0 Å². The summed E-state index contributed by atoms with van der Waals surface area (Å²) in [5.41, 5.74) is 6.88. The fourth-order valence-electron chi connectivity index (χ4n) is 1.99. The van der Waals surface area contributed by atoms with Crippen molar-refractivity contribution in [3.63, 3.8) is 0 Å². The number of nitrogen functional groups attached to an aromatic ring is 1. The molecule has 5 heteroatoms. The highest BCUT2D eigenvalue weighted by Crippen LogP contribution is 2.22. The van der Waals surface area contributed by atoms with Crippen LogP contribution in [0.4, 0.5) is 5.69 Å². The lowest BCUT2D eigenvalue weighted by Crippen LogP contribution is -2.34. The smallest absolute Gasteiger partial charge is 0.251 e. The van der Waals surface area contributed by atoms with Crippen LogP contribution in [0.15, 0.2) is 41.8 Å². The third kappa shape index (κ3) is 3.59. The highest BCUT2D eigenvalue weighted by molar-refractivity contribution is 7.10. The van der Waals surface area contributed by atoms with Gasteiger partial charge in [-0.05, 0) is 43.7 Å². The summed E-state index contributed by atoms with van der Waals surface area (Å²) in [5.74, 6) is -0.0966. The van der Waals surface area contributed by atoms with Crippen molar-refractivity contribution in [2.75, 3.05) is 26.4 Å². The Morgan fingerprint density at radius 3 is 2.75 bits per heavy atom. The third-order valence-electron chi connectivity index (χ3n) is 3.10. The number of nitrogens with two attached hydrogens (primary N) is 1. The van der Waals surface area contributed by atoms with Crippen LogP contribution in [0.25, 0.3) is 0 Å². The summed E-state index contributed by atoms with van der Waals surface area (Å²) in [6.45, 7) is 0.571. The zero-order valence-corrected chi connectivity index (χ0v) is 12.5. The highest BCUT2D eigenvalue weighted by Gasteiger charge is 2.16. The minimum Gasteiger partial charge on any atom is -0.399 e. The highest BCUT2D eigenvalue weighted by atomic mass is 32.1. The Hall–Kier alpha value is -1.85. The number of nitrogens with zero attached hydrogens (tertiary/aromatic N) is 1. The molecule has 106 valence electrons. The van der Waals surface area contributed by atoms with E-state index in [0.29, 0.717) is 17.8 Å². The van der Waals surface area contributed by atoms with Crippen LogP contribution in [0.1, 0.15) is 21.3 Å². The number of thiophene rings is 1. The molecule has 0 aliphatic heterocycles. The Morgan fingerprint density at radius 2 is 2.15 bits per heavy atom. The molecule has 0 bridgehead atoms. The molecular weight excluding hydrogens is 270 g/mol. The average molecular weight is 289 g/mol. The number of hydrogen-bond acceptors (Lipinski definition) is 4. The van der Waals surface area contributed by atoms with Crippen molar-refractivity contribution in [3.8, 4) is 0 Å². The molecule has 0 saturated carbocycles. The normalized spacial score (nSPS) is 12.3. The van der Waals surface area contributed by atoms with E-state index in [-0.39, 0.29) is 11.9 Å². The second-order valence-corrected chi connectivity index (χ2v) is 5.81. The predicted octanol–water partition coefficient (Wildman–Crippen LogP) is 2.36. The second kappa shape index (κ2) is 6.54. The van der Waals surface area contributed by atoms with E-state index in [1.54, 1.807) is 35.6 Å². The van der Waals surface area contributed by atoms with E-state index < -0.39 is 0 Å². The Morgan fingerprint density at radius 1 is 1.35 bits per heavy atom. The van der Waals surface area contributed by atoms with Crippen molar-refractivity contribution in [1.29, 1.82) is 0 Å². The first-order chi connectivity index (χ1) is 9.58. The summed E-state index contributed by atoms with van der Waals surface area (Å²) < 4.78 is 0. The molecule has 1 atom stereocenters. The minimum atomic E-state index is -0.0966. The number of carbonyl (C=O) groups is 1. The first-order valence-corrected chi connectivity index (χ1v) is 7.29. The molecule has 1 amide bonds. The van der Waals surface area contributed by atoms with Gasteiger partial charge in [-0.15, -0.1) is 11.3 Å². The third-order valence-corrected chi connectivity index (χ3v) is 4.07.